The van der Waals surface area contributed by atoms with Gasteiger partial charge in [0, 0.05) is 40.5 Å². The van der Waals surface area contributed by atoms with Crippen molar-refractivity contribution in [3.63, 3.8) is 0 Å². The van der Waals surface area contributed by atoms with Crippen molar-refractivity contribution in [2.24, 2.45) is 4.99 Å². The van der Waals surface area contributed by atoms with Gasteiger partial charge in [0.25, 0.3) is 5.92 Å². The van der Waals surface area contributed by atoms with Gasteiger partial charge in [-0.05, 0) is 63.2 Å². The molecular formula is C20H23F2N3S. The predicted molar refractivity (Wildman–Crippen MR) is 108 cm³/mol. The van der Waals surface area contributed by atoms with E-state index in [9.17, 15) is 8.78 Å². The number of nitrogens with zero attached hydrogens (tertiary/aromatic N) is 1. The van der Waals surface area contributed by atoms with Crippen LogP contribution in [0.15, 0.2) is 58.4 Å². The van der Waals surface area contributed by atoms with Crippen LogP contribution in [0.5, 0.6) is 0 Å². The van der Waals surface area contributed by atoms with Crippen molar-refractivity contribution in [3.8, 4) is 0 Å². The predicted octanol–water partition coefficient (Wildman–Crippen LogP) is 6.22. The van der Waals surface area contributed by atoms with Crippen molar-refractivity contribution in [1.29, 1.82) is 0 Å². The van der Waals surface area contributed by atoms with Crippen LogP contribution in [-0.4, -0.2) is 13.3 Å². The van der Waals surface area contributed by atoms with Crippen molar-refractivity contribution in [3.05, 3.63) is 59.7 Å². The van der Waals surface area contributed by atoms with E-state index in [4.69, 9.17) is 0 Å². The summed E-state index contributed by atoms with van der Waals surface area (Å²) in [7, 11) is 1.86. The lowest BCUT2D eigenvalue weighted by atomic mass is 10.1. The van der Waals surface area contributed by atoms with Gasteiger partial charge in [0.15, 0.2) is 0 Å². The largest absolute Gasteiger partial charge is 0.355 e. The number of benzene rings is 2. The summed E-state index contributed by atoms with van der Waals surface area (Å²) in [5.74, 6) is -2.84. The molecule has 26 heavy (non-hydrogen) atoms. The Morgan fingerprint density at radius 1 is 1.12 bits per heavy atom. The molecule has 0 aromatic heterocycles. The van der Waals surface area contributed by atoms with Crippen LogP contribution in [0.4, 0.5) is 20.2 Å². The van der Waals surface area contributed by atoms with Crippen LogP contribution >= 0.6 is 11.9 Å². The van der Waals surface area contributed by atoms with E-state index < -0.39 is 5.92 Å². The molecule has 0 spiro atoms. The Balaban J connectivity index is 2.38. The van der Waals surface area contributed by atoms with E-state index in [0.717, 1.165) is 34.5 Å². The van der Waals surface area contributed by atoms with Gasteiger partial charge in [-0.3, -0.25) is 9.71 Å². The zero-order chi connectivity index (χ0) is 19.2. The van der Waals surface area contributed by atoms with Crippen LogP contribution in [0, 0.1) is 0 Å². The minimum Gasteiger partial charge on any atom is -0.355 e. The third-order valence-electron chi connectivity index (χ3n) is 3.70. The van der Waals surface area contributed by atoms with Crippen LogP contribution in [0.1, 0.15) is 31.9 Å². The summed E-state index contributed by atoms with van der Waals surface area (Å²) in [6, 6.07) is 12.2. The second kappa shape index (κ2) is 8.96. The highest BCUT2D eigenvalue weighted by atomic mass is 32.2. The lowest BCUT2D eigenvalue weighted by Gasteiger charge is -2.15. The van der Waals surface area contributed by atoms with E-state index in [-0.39, 0.29) is 5.56 Å². The number of halogens is 2. The second-order valence-corrected chi connectivity index (χ2v) is 6.75. The van der Waals surface area contributed by atoms with Crippen LogP contribution < -0.4 is 10.0 Å². The quantitative estimate of drug-likeness (QED) is 0.445. The number of hydrogen-bond acceptors (Lipinski definition) is 4. The molecule has 0 amide bonds. The van der Waals surface area contributed by atoms with Gasteiger partial charge >= 0.3 is 0 Å². The standard InChI is InChI=1S/C20H23F2N3S/c1-5-18(24-6-2)17-13-16(26-23-4)11-12-19(17)25-15-9-7-14(8-10-15)20(3,21)22/h5-13,23,25H,1-4H3/b18-5-,24-6?. The first-order valence-corrected chi connectivity index (χ1v) is 9.09. The molecule has 0 atom stereocenters. The molecule has 0 aliphatic rings. The first-order chi connectivity index (χ1) is 12.4. The number of anilines is 2. The zero-order valence-corrected chi connectivity index (χ0v) is 16.1. The molecule has 0 saturated carbocycles. The molecule has 0 aliphatic heterocycles. The Bertz CT molecular complexity index is 794. The molecular weight excluding hydrogens is 352 g/mol. The topological polar surface area (TPSA) is 36.4 Å². The molecule has 0 radical (unpaired) electrons. The third-order valence-corrected chi connectivity index (χ3v) is 4.39. The number of rotatable bonds is 7. The summed E-state index contributed by atoms with van der Waals surface area (Å²) in [4.78, 5) is 5.49. The van der Waals surface area contributed by atoms with E-state index in [1.807, 2.05) is 45.2 Å². The molecule has 0 saturated heterocycles. The Labute approximate surface area is 157 Å². The molecule has 138 valence electrons. The Morgan fingerprint density at radius 2 is 1.81 bits per heavy atom. The molecule has 2 rings (SSSR count). The Kier molecular flexibility index (Phi) is 6.94. The van der Waals surface area contributed by atoms with Gasteiger partial charge in [-0.15, -0.1) is 0 Å². The first kappa shape index (κ1) is 20.1. The molecule has 0 fully saturated rings. The highest BCUT2D eigenvalue weighted by Crippen LogP contribution is 2.33. The second-order valence-electron chi connectivity index (χ2n) is 5.67. The average Bonchev–Trinajstić information content (AvgIpc) is 2.61. The molecule has 3 nitrogen and oxygen atoms in total. The average molecular weight is 375 g/mol. The van der Waals surface area contributed by atoms with Gasteiger partial charge in [-0.25, -0.2) is 8.78 Å². The highest BCUT2D eigenvalue weighted by molar-refractivity contribution is 7.97. The van der Waals surface area contributed by atoms with Crippen molar-refractivity contribution in [2.75, 3.05) is 12.4 Å². The van der Waals surface area contributed by atoms with Gasteiger partial charge in [0.05, 0.1) is 5.70 Å². The van der Waals surface area contributed by atoms with Crippen molar-refractivity contribution in [2.45, 2.75) is 31.6 Å². The monoisotopic (exact) mass is 375 g/mol. The lowest BCUT2D eigenvalue weighted by molar-refractivity contribution is 0.0175. The van der Waals surface area contributed by atoms with Crippen LogP contribution in [0.3, 0.4) is 0 Å². The maximum atomic E-state index is 13.4. The molecule has 0 bridgehead atoms. The molecule has 2 N–H and O–H groups in total. The van der Waals surface area contributed by atoms with E-state index in [1.165, 1.54) is 24.1 Å². The fourth-order valence-electron chi connectivity index (χ4n) is 2.47. The molecule has 2 aromatic carbocycles. The number of alkyl halides is 2. The van der Waals surface area contributed by atoms with Crippen LogP contribution in [-0.2, 0) is 5.92 Å². The summed E-state index contributed by atoms with van der Waals surface area (Å²) in [6.07, 6.45) is 3.68. The Morgan fingerprint density at radius 3 is 2.35 bits per heavy atom. The van der Waals surface area contributed by atoms with Crippen molar-refractivity contribution < 1.29 is 8.78 Å². The van der Waals surface area contributed by atoms with Gasteiger partial charge in [-0.2, -0.15) is 0 Å². The summed E-state index contributed by atoms with van der Waals surface area (Å²) >= 11 is 1.51. The zero-order valence-electron chi connectivity index (χ0n) is 15.3. The number of hydrogen-bond donors (Lipinski definition) is 2. The van der Waals surface area contributed by atoms with Crippen molar-refractivity contribution in [1.82, 2.24) is 4.72 Å². The minimum absolute atomic E-state index is 0.00577. The lowest BCUT2D eigenvalue weighted by Crippen LogP contribution is -2.06. The van der Waals surface area contributed by atoms with Gasteiger partial charge < -0.3 is 5.32 Å². The molecule has 0 unspecified atom stereocenters. The highest BCUT2D eigenvalue weighted by Gasteiger charge is 2.23. The fourth-order valence-corrected chi connectivity index (χ4v) is 3.01. The number of allylic oxidation sites excluding steroid dienone is 1. The Hall–Kier alpha value is -2.18. The summed E-state index contributed by atoms with van der Waals surface area (Å²) in [6.45, 7) is 4.70. The number of aliphatic imine (C=N–C) groups is 1. The SMILES string of the molecule is CC=N/C(=C\C)c1cc(SNC)ccc1Nc1ccc(C(C)(F)F)cc1. The summed E-state index contributed by atoms with van der Waals surface area (Å²) in [5, 5.41) is 3.30. The fraction of sp³-hybridized carbons (Fsp3) is 0.250. The van der Waals surface area contributed by atoms with Crippen LogP contribution in [0.2, 0.25) is 0 Å². The van der Waals surface area contributed by atoms with Crippen LogP contribution in [0.25, 0.3) is 5.70 Å². The van der Waals surface area contributed by atoms with E-state index in [0.29, 0.717) is 0 Å². The normalized spacial score (nSPS) is 12.6. The molecule has 6 heteroatoms. The minimum atomic E-state index is -2.84. The number of nitrogens with one attached hydrogen (secondary N) is 2. The molecule has 2 aromatic rings. The summed E-state index contributed by atoms with van der Waals surface area (Å²) in [5.41, 5.74) is 3.37. The first-order valence-electron chi connectivity index (χ1n) is 8.27. The molecule has 0 aliphatic carbocycles. The van der Waals surface area contributed by atoms with E-state index in [1.54, 1.807) is 18.3 Å². The van der Waals surface area contributed by atoms with E-state index in [2.05, 4.69) is 15.0 Å². The molecule has 0 heterocycles. The van der Waals surface area contributed by atoms with Crippen molar-refractivity contribution >= 4 is 35.2 Å². The van der Waals surface area contributed by atoms with Gasteiger partial charge in [0.1, 0.15) is 0 Å². The van der Waals surface area contributed by atoms with E-state index >= 15 is 0 Å². The smallest absolute Gasteiger partial charge is 0.270 e. The summed E-state index contributed by atoms with van der Waals surface area (Å²) < 4.78 is 29.8. The maximum Gasteiger partial charge on any atom is 0.270 e. The third kappa shape index (κ3) is 5.16. The van der Waals surface area contributed by atoms with Gasteiger partial charge in [-0.1, -0.05) is 18.2 Å². The van der Waals surface area contributed by atoms with Gasteiger partial charge in [0.2, 0.25) is 0 Å². The maximum absolute atomic E-state index is 13.4.